The van der Waals surface area contributed by atoms with Gasteiger partial charge >= 0.3 is 6.18 Å². The number of benzene rings is 2. The fraction of sp³-hybridized carbons (Fsp3) is 0.316. The molecule has 1 saturated heterocycles. The Balaban J connectivity index is 1.83. The molecule has 1 atom stereocenters. The Hall–Kier alpha value is -2.20. The predicted octanol–water partition coefficient (Wildman–Crippen LogP) is 4.41. The minimum Gasteiger partial charge on any atom is -0.379 e. The first-order valence-electron chi connectivity index (χ1n) is 9.07. The molecule has 30 heavy (non-hydrogen) atoms. The van der Waals surface area contributed by atoms with E-state index in [1.54, 1.807) is 18.2 Å². The second kappa shape index (κ2) is 8.50. The first kappa shape index (κ1) is 21.0. The van der Waals surface area contributed by atoms with Crippen LogP contribution in [0.5, 0.6) is 0 Å². The quantitative estimate of drug-likeness (QED) is 0.580. The van der Waals surface area contributed by atoms with Gasteiger partial charge in [-0.25, -0.2) is 0 Å². The topological polar surface area (TPSA) is 56.1 Å². The highest BCUT2D eigenvalue weighted by atomic mass is 35.5. The molecule has 0 saturated carbocycles. The summed E-state index contributed by atoms with van der Waals surface area (Å²) >= 11 is 12.5. The summed E-state index contributed by atoms with van der Waals surface area (Å²) in [7, 11) is 0. The zero-order chi connectivity index (χ0) is 21.3. The molecule has 0 N–H and O–H groups in total. The maximum Gasteiger partial charge on any atom is 0.416 e. The van der Waals surface area contributed by atoms with Crippen LogP contribution in [-0.4, -0.2) is 51.4 Å². The van der Waals surface area contributed by atoms with Gasteiger partial charge in [0, 0.05) is 23.1 Å². The third kappa shape index (κ3) is 4.29. The predicted molar refractivity (Wildman–Crippen MR) is 105 cm³/mol. The van der Waals surface area contributed by atoms with E-state index in [0.29, 0.717) is 47.7 Å². The number of ether oxygens (including phenoxy) is 1. The van der Waals surface area contributed by atoms with Crippen molar-refractivity contribution in [1.29, 1.82) is 0 Å². The summed E-state index contributed by atoms with van der Waals surface area (Å²) in [5, 5.41) is 12.7. The molecule has 158 valence electrons. The third-order valence-corrected chi connectivity index (χ3v) is 5.39. The smallest absolute Gasteiger partial charge is 0.379 e. The summed E-state index contributed by atoms with van der Waals surface area (Å²) in [5.74, 6) is 0.348. The first-order valence-corrected chi connectivity index (χ1v) is 9.83. The lowest BCUT2D eigenvalue weighted by Crippen LogP contribution is -2.40. The minimum atomic E-state index is -4.48. The average Bonchev–Trinajstić information content (AvgIpc) is 3.19. The van der Waals surface area contributed by atoms with E-state index in [-0.39, 0.29) is 5.69 Å². The van der Waals surface area contributed by atoms with E-state index < -0.39 is 17.8 Å². The Kier molecular flexibility index (Phi) is 5.97. The average molecular weight is 458 g/mol. The zero-order valence-electron chi connectivity index (χ0n) is 15.5. The second-order valence-corrected chi connectivity index (χ2v) is 7.56. The Morgan fingerprint density at radius 2 is 1.80 bits per heavy atom. The van der Waals surface area contributed by atoms with Gasteiger partial charge in [0.1, 0.15) is 0 Å². The number of hydrogen-bond acceptors (Lipinski definition) is 5. The van der Waals surface area contributed by atoms with Gasteiger partial charge in [0.15, 0.2) is 5.82 Å². The molecule has 1 fully saturated rings. The van der Waals surface area contributed by atoms with E-state index in [2.05, 4.69) is 20.4 Å². The van der Waals surface area contributed by atoms with Crippen LogP contribution in [0.2, 0.25) is 10.0 Å². The highest BCUT2D eigenvalue weighted by Crippen LogP contribution is 2.36. The number of hydrogen-bond donors (Lipinski definition) is 0. The number of alkyl halides is 3. The lowest BCUT2D eigenvalue weighted by Gasteiger charge is -2.34. The van der Waals surface area contributed by atoms with Crippen molar-refractivity contribution >= 4 is 23.2 Å². The first-order chi connectivity index (χ1) is 14.3. The van der Waals surface area contributed by atoms with Crippen molar-refractivity contribution in [3.8, 4) is 5.69 Å². The van der Waals surface area contributed by atoms with Crippen molar-refractivity contribution in [2.24, 2.45) is 0 Å². The normalized spacial score (nSPS) is 16.6. The van der Waals surface area contributed by atoms with Crippen LogP contribution in [-0.2, 0) is 10.9 Å². The molecule has 3 aromatic rings. The number of rotatable bonds is 4. The maximum atomic E-state index is 13.2. The molecule has 1 aromatic heterocycles. The van der Waals surface area contributed by atoms with Crippen LogP contribution in [0.4, 0.5) is 13.2 Å². The van der Waals surface area contributed by atoms with Crippen molar-refractivity contribution < 1.29 is 17.9 Å². The summed E-state index contributed by atoms with van der Waals surface area (Å²) in [6, 6.07) is 9.46. The fourth-order valence-electron chi connectivity index (χ4n) is 3.42. The van der Waals surface area contributed by atoms with Gasteiger partial charge in [-0.15, -0.1) is 5.10 Å². The molecule has 6 nitrogen and oxygen atoms in total. The van der Waals surface area contributed by atoms with Gasteiger partial charge in [0.2, 0.25) is 0 Å². The highest BCUT2D eigenvalue weighted by molar-refractivity contribution is 6.35. The SMILES string of the molecule is FC(F)(F)c1cccc(-n2nnnc2C(c2ccc(Cl)cc2Cl)N2CCOCC2)c1. The monoisotopic (exact) mass is 457 g/mol. The molecule has 0 radical (unpaired) electrons. The molecule has 1 aliphatic rings. The highest BCUT2D eigenvalue weighted by Gasteiger charge is 2.33. The second-order valence-electron chi connectivity index (χ2n) is 6.71. The van der Waals surface area contributed by atoms with Crippen LogP contribution in [0.25, 0.3) is 5.69 Å². The van der Waals surface area contributed by atoms with Crippen molar-refractivity contribution in [2.45, 2.75) is 12.2 Å². The molecule has 2 heterocycles. The maximum absolute atomic E-state index is 13.2. The Morgan fingerprint density at radius 1 is 1.03 bits per heavy atom. The lowest BCUT2D eigenvalue weighted by molar-refractivity contribution is -0.137. The van der Waals surface area contributed by atoms with Gasteiger partial charge in [-0.1, -0.05) is 35.3 Å². The van der Waals surface area contributed by atoms with Gasteiger partial charge in [-0.2, -0.15) is 17.9 Å². The molecule has 2 aromatic carbocycles. The fourth-order valence-corrected chi connectivity index (χ4v) is 3.93. The summed E-state index contributed by atoms with van der Waals surface area (Å²) in [6.45, 7) is 2.18. The van der Waals surface area contributed by atoms with Crippen LogP contribution < -0.4 is 0 Å². The lowest BCUT2D eigenvalue weighted by atomic mass is 10.0. The molecule has 1 unspecified atom stereocenters. The molecular weight excluding hydrogens is 442 g/mol. The minimum absolute atomic E-state index is 0.202. The van der Waals surface area contributed by atoms with Gasteiger partial charge < -0.3 is 4.74 Å². The van der Waals surface area contributed by atoms with E-state index in [4.69, 9.17) is 27.9 Å². The Morgan fingerprint density at radius 3 is 2.50 bits per heavy atom. The van der Waals surface area contributed by atoms with E-state index in [1.165, 1.54) is 16.8 Å². The number of morpholine rings is 1. The zero-order valence-corrected chi connectivity index (χ0v) is 17.0. The molecule has 0 bridgehead atoms. The number of halogens is 5. The molecule has 1 aliphatic heterocycles. The van der Waals surface area contributed by atoms with Crippen molar-refractivity contribution in [2.75, 3.05) is 26.3 Å². The molecule has 0 spiro atoms. The standard InChI is InChI=1S/C19H16Cl2F3N5O/c20-13-4-5-15(16(21)11-13)17(28-6-8-30-9-7-28)18-25-26-27-29(18)14-3-1-2-12(10-14)19(22,23)24/h1-5,10-11,17H,6-9H2. The van der Waals surface area contributed by atoms with Crippen LogP contribution >= 0.6 is 23.2 Å². The molecule has 0 aliphatic carbocycles. The summed E-state index contributed by atoms with van der Waals surface area (Å²) in [6.07, 6.45) is -4.48. The van der Waals surface area contributed by atoms with Crippen molar-refractivity contribution in [3.63, 3.8) is 0 Å². The number of aromatic nitrogens is 4. The summed E-state index contributed by atoms with van der Waals surface area (Å²) < 4.78 is 46.4. The van der Waals surface area contributed by atoms with Crippen LogP contribution in [0.1, 0.15) is 23.0 Å². The summed E-state index contributed by atoms with van der Waals surface area (Å²) in [4.78, 5) is 2.08. The third-order valence-electron chi connectivity index (χ3n) is 4.82. The van der Waals surface area contributed by atoms with Crippen molar-refractivity contribution in [3.05, 3.63) is 69.5 Å². The van der Waals surface area contributed by atoms with Gasteiger partial charge in [-0.05, 0) is 46.3 Å². The van der Waals surface area contributed by atoms with Crippen LogP contribution in [0.15, 0.2) is 42.5 Å². The molecule has 0 amide bonds. The molecule has 4 rings (SSSR count). The van der Waals surface area contributed by atoms with E-state index in [0.717, 1.165) is 12.1 Å². The molecule has 11 heteroatoms. The van der Waals surface area contributed by atoms with Gasteiger partial charge in [0.25, 0.3) is 0 Å². The number of nitrogens with zero attached hydrogens (tertiary/aromatic N) is 5. The van der Waals surface area contributed by atoms with E-state index in [9.17, 15) is 13.2 Å². The number of tetrazole rings is 1. The van der Waals surface area contributed by atoms with Gasteiger partial charge in [0.05, 0.1) is 30.5 Å². The molecular formula is C19H16Cl2F3N5O. The Labute approximate surface area is 180 Å². The van der Waals surface area contributed by atoms with Crippen LogP contribution in [0, 0.1) is 0 Å². The van der Waals surface area contributed by atoms with E-state index in [1.807, 2.05) is 0 Å². The largest absolute Gasteiger partial charge is 0.416 e. The summed E-state index contributed by atoms with van der Waals surface area (Å²) in [5.41, 5.74) is 0.119. The Bertz CT molecular complexity index is 1040. The van der Waals surface area contributed by atoms with E-state index >= 15 is 0 Å². The van der Waals surface area contributed by atoms with Crippen LogP contribution in [0.3, 0.4) is 0 Å². The van der Waals surface area contributed by atoms with Gasteiger partial charge in [-0.3, -0.25) is 4.90 Å². The van der Waals surface area contributed by atoms with Crippen molar-refractivity contribution in [1.82, 2.24) is 25.1 Å².